The van der Waals surface area contributed by atoms with E-state index in [4.69, 9.17) is 16.3 Å². The number of nitriles is 1. The number of carbonyl (C=O) groups is 1. The van der Waals surface area contributed by atoms with Crippen LogP contribution >= 0.6 is 11.6 Å². The van der Waals surface area contributed by atoms with Gasteiger partial charge in [-0.2, -0.15) is 5.26 Å². The van der Waals surface area contributed by atoms with Gasteiger partial charge in [0, 0.05) is 6.07 Å². The normalized spacial score (nSPS) is 20.4. The molecule has 2 atom stereocenters. The summed E-state index contributed by atoms with van der Waals surface area (Å²) in [4.78, 5) is 11.3. The number of aromatic carboxylic acids is 1. The molecule has 0 aliphatic heterocycles. The lowest BCUT2D eigenvalue weighted by Crippen LogP contribution is -2.34. The van der Waals surface area contributed by atoms with E-state index in [1.165, 1.54) is 24.3 Å². The van der Waals surface area contributed by atoms with Gasteiger partial charge in [-0.05, 0) is 61.3 Å². The SMILES string of the molecule is CC1CCC1Oc1cc(Cl)c(C#N)cc1NS(=O)(=O)c1cc(C(=O)O)ccc1C1CC1. The molecule has 2 unspecified atom stereocenters. The molecule has 7 nitrogen and oxygen atoms in total. The predicted octanol–water partition coefficient (Wildman–Crippen LogP) is 4.77. The van der Waals surface area contributed by atoms with Gasteiger partial charge in [-0.25, -0.2) is 13.2 Å². The van der Waals surface area contributed by atoms with Crippen LogP contribution in [0.15, 0.2) is 35.2 Å². The minimum Gasteiger partial charge on any atom is -0.488 e. The zero-order valence-corrected chi connectivity index (χ0v) is 18.3. The predicted molar refractivity (Wildman–Crippen MR) is 115 cm³/mol. The molecule has 162 valence electrons. The minimum absolute atomic E-state index is 0.0652. The van der Waals surface area contributed by atoms with Crippen LogP contribution in [-0.2, 0) is 10.0 Å². The topological polar surface area (TPSA) is 116 Å². The van der Waals surface area contributed by atoms with Crippen LogP contribution in [0.3, 0.4) is 0 Å². The van der Waals surface area contributed by atoms with E-state index in [1.54, 1.807) is 6.07 Å². The number of benzene rings is 2. The molecule has 2 saturated carbocycles. The van der Waals surface area contributed by atoms with Gasteiger partial charge in [0.15, 0.2) is 0 Å². The average molecular weight is 461 g/mol. The Morgan fingerprint density at radius 1 is 1.23 bits per heavy atom. The van der Waals surface area contributed by atoms with Crippen molar-refractivity contribution in [1.82, 2.24) is 0 Å². The molecular weight excluding hydrogens is 440 g/mol. The number of carboxylic acids is 1. The lowest BCUT2D eigenvalue weighted by molar-refractivity contribution is 0.0584. The quantitative estimate of drug-likeness (QED) is 0.614. The Morgan fingerprint density at radius 2 is 1.97 bits per heavy atom. The minimum atomic E-state index is -4.15. The summed E-state index contributed by atoms with van der Waals surface area (Å²) < 4.78 is 35.1. The molecule has 2 aliphatic carbocycles. The molecule has 0 bridgehead atoms. The number of hydrogen-bond donors (Lipinski definition) is 2. The molecule has 0 aromatic heterocycles. The number of nitrogens with zero attached hydrogens (tertiary/aromatic N) is 1. The molecule has 9 heteroatoms. The average Bonchev–Trinajstić information content (AvgIpc) is 3.57. The molecule has 4 rings (SSSR count). The van der Waals surface area contributed by atoms with E-state index in [9.17, 15) is 23.6 Å². The Hall–Kier alpha value is -2.76. The van der Waals surface area contributed by atoms with E-state index < -0.39 is 16.0 Å². The third kappa shape index (κ3) is 4.34. The van der Waals surface area contributed by atoms with Crippen LogP contribution in [-0.4, -0.2) is 25.6 Å². The second kappa shape index (κ2) is 8.06. The van der Waals surface area contributed by atoms with E-state index in [1.807, 2.05) is 13.0 Å². The molecule has 2 aliphatic rings. The maximum absolute atomic E-state index is 13.3. The van der Waals surface area contributed by atoms with Crippen LogP contribution in [0.25, 0.3) is 0 Å². The monoisotopic (exact) mass is 460 g/mol. The Balaban J connectivity index is 1.75. The second-order valence-electron chi connectivity index (χ2n) is 8.09. The van der Waals surface area contributed by atoms with Crippen LogP contribution in [0, 0.1) is 17.2 Å². The fourth-order valence-corrected chi connectivity index (χ4v) is 5.21. The fourth-order valence-electron chi connectivity index (χ4n) is 3.62. The van der Waals surface area contributed by atoms with Crippen molar-refractivity contribution >= 4 is 33.3 Å². The van der Waals surface area contributed by atoms with Crippen LogP contribution < -0.4 is 9.46 Å². The molecule has 0 radical (unpaired) electrons. The first-order chi connectivity index (χ1) is 14.7. The Bertz CT molecular complexity index is 1200. The van der Waals surface area contributed by atoms with Crippen molar-refractivity contribution in [3.05, 3.63) is 52.0 Å². The maximum Gasteiger partial charge on any atom is 0.335 e. The first kappa shape index (κ1) is 21.5. The highest BCUT2D eigenvalue weighted by molar-refractivity contribution is 7.92. The van der Waals surface area contributed by atoms with Gasteiger partial charge >= 0.3 is 5.97 Å². The lowest BCUT2D eigenvalue weighted by atomic mass is 9.83. The molecule has 0 heterocycles. The largest absolute Gasteiger partial charge is 0.488 e. The van der Waals surface area contributed by atoms with Crippen molar-refractivity contribution in [2.75, 3.05) is 4.72 Å². The Morgan fingerprint density at radius 3 is 2.52 bits per heavy atom. The van der Waals surface area contributed by atoms with Crippen molar-refractivity contribution in [3.8, 4) is 11.8 Å². The number of halogens is 1. The number of nitrogens with one attached hydrogen (secondary N) is 1. The summed E-state index contributed by atoms with van der Waals surface area (Å²) in [6, 6.07) is 8.88. The fraction of sp³-hybridized carbons (Fsp3) is 0.364. The maximum atomic E-state index is 13.3. The first-order valence-electron chi connectivity index (χ1n) is 10.00. The van der Waals surface area contributed by atoms with Crippen molar-refractivity contribution in [2.45, 2.75) is 49.5 Å². The van der Waals surface area contributed by atoms with Gasteiger partial charge in [0.05, 0.1) is 26.7 Å². The molecule has 0 amide bonds. The smallest absolute Gasteiger partial charge is 0.335 e. The third-order valence-corrected chi connectivity index (χ3v) is 7.55. The number of anilines is 1. The standard InChI is InChI=1S/C22H21ClN2O5S/c1-12-2-7-19(12)30-20-10-17(23)15(11-24)8-18(20)25-31(28,29)21-9-14(22(26)27)5-6-16(21)13-3-4-13/h5-6,8-10,12-13,19,25H,2-4,7H2,1H3,(H,26,27). The summed E-state index contributed by atoms with van der Waals surface area (Å²) in [6.45, 7) is 2.04. The van der Waals surface area contributed by atoms with Gasteiger partial charge in [0.1, 0.15) is 17.9 Å². The van der Waals surface area contributed by atoms with Crippen LogP contribution in [0.4, 0.5) is 5.69 Å². The molecule has 2 fully saturated rings. The molecule has 2 aromatic rings. The second-order valence-corrected chi connectivity index (χ2v) is 10.1. The van der Waals surface area contributed by atoms with Crippen LogP contribution in [0.1, 0.15) is 60.0 Å². The van der Waals surface area contributed by atoms with Crippen molar-refractivity contribution < 1.29 is 23.1 Å². The lowest BCUT2D eigenvalue weighted by Gasteiger charge is -2.34. The van der Waals surface area contributed by atoms with Crippen molar-refractivity contribution in [2.24, 2.45) is 5.92 Å². The number of ether oxygens (including phenoxy) is 1. The van der Waals surface area contributed by atoms with E-state index in [-0.39, 0.29) is 44.5 Å². The highest BCUT2D eigenvalue weighted by atomic mass is 35.5. The number of rotatable bonds is 7. The summed E-state index contributed by atoms with van der Waals surface area (Å²) >= 11 is 6.16. The van der Waals surface area contributed by atoms with E-state index in [0.717, 1.165) is 25.7 Å². The highest BCUT2D eigenvalue weighted by Crippen LogP contribution is 2.44. The van der Waals surface area contributed by atoms with Crippen LogP contribution in [0.5, 0.6) is 5.75 Å². The summed E-state index contributed by atoms with van der Waals surface area (Å²) in [5, 5.41) is 18.8. The third-order valence-electron chi connectivity index (χ3n) is 5.82. The van der Waals surface area contributed by atoms with Gasteiger partial charge in [-0.3, -0.25) is 4.72 Å². The van der Waals surface area contributed by atoms with E-state index in [0.29, 0.717) is 11.5 Å². The molecule has 31 heavy (non-hydrogen) atoms. The zero-order chi connectivity index (χ0) is 22.3. The summed E-state index contributed by atoms with van der Waals surface area (Å²) in [6.07, 6.45) is 3.50. The van der Waals surface area contributed by atoms with Gasteiger partial charge in [-0.1, -0.05) is 24.6 Å². The number of hydrogen-bond acceptors (Lipinski definition) is 5. The first-order valence-corrected chi connectivity index (χ1v) is 11.9. The van der Waals surface area contributed by atoms with Gasteiger partial charge < -0.3 is 9.84 Å². The summed E-state index contributed by atoms with van der Waals surface area (Å²) in [7, 11) is -4.15. The number of carboxylic acid groups (broad SMARTS) is 1. The van der Waals surface area contributed by atoms with Crippen molar-refractivity contribution in [1.29, 1.82) is 5.26 Å². The Labute approximate surface area is 185 Å². The zero-order valence-electron chi connectivity index (χ0n) is 16.8. The number of sulfonamides is 1. The molecule has 0 spiro atoms. The molecule has 2 aromatic carbocycles. The summed E-state index contributed by atoms with van der Waals surface area (Å²) in [5.74, 6) is -0.556. The highest BCUT2D eigenvalue weighted by Gasteiger charge is 2.33. The van der Waals surface area contributed by atoms with Crippen LogP contribution in [0.2, 0.25) is 5.02 Å². The molecule has 2 N–H and O–H groups in total. The summed E-state index contributed by atoms with van der Waals surface area (Å²) in [5.41, 5.74) is 0.679. The van der Waals surface area contributed by atoms with Gasteiger partial charge in [-0.15, -0.1) is 0 Å². The van der Waals surface area contributed by atoms with E-state index in [2.05, 4.69) is 4.72 Å². The van der Waals surface area contributed by atoms with Gasteiger partial charge in [0.25, 0.3) is 10.0 Å². The van der Waals surface area contributed by atoms with E-state index >= 15 is 0 Å². The molecular formula is C22H21ClN2O5S. The van der Waals surface area contributed by atoms with Crippen molar-refractivity contribution in [3.63, 3.8) is 0 Å². The molecule has 0 saturated heterocycles. The Kier molecular flexibility index (Phi) is 5.58. The van der Waals surface area contributed by atoms with Gasteiger partial charge in [0.2, 0.25) is 0 Å².